The van der Waals surface area contributed by atoms with E-state index in [2.05, 4.69) is 46.3 Å². The van der Waals surface area contributed by atoms with Gasteiger partial charge in [-0.1, -0.05) is 29.8 Å². The Balaban J connectivity index is 1.42. The molecule has 0 amide bonds. The molecule has 1 fully saturated rings. The molecule has 1 aromatic heterocycles. The fourth-order valence-electron chi connectivity index (χ4n) is 2.75. The lowest BCUT2D eigenvalue weighted by Gasteiger charge is -2.36. The van der Waals surface area contributed by atoms with E-state index < -0.39 is 0 Å². The molecule has 0 atom stereocenters. The van der Waals surface area contributed by atoms with Crippen LogP contribution in [-0.4, -0.2) is 41.1 Å². The van der Waals surface area contributed by atoms with Crippen molar-refractivity contribution in [2.75, 3.05) is 26.2 Å². The van der Waals surface area contributed by atoms with Crippen molar-refractivity contribution in [3.8, 4) is 0 Å². The third kappa shape index (κ3) is 4.56. The monoisotopic (exact) mass is 329 g/mol. The summed E-state index contributed by atoms with van der Waals surface area (Å²) in [5.74, 6) is 0.908. The average Bonchev–Trinajstić information content (AvgIpc) is 3.09. The second kappa shape index (κ2) is 7.62. The largest absolute Gasteiger partial charge is 0.467 e. The summed E-state index contributed by atoms with van der Waals surface area (Å²) in [4.78, 5) is 4.72. The molecule has 1 aliphatic rings. The molecule has 0 saturated carbocycles. The lowest BCUT2D eigenvalue weighted by atomic mass is 10.1. The van der Waals surface area contributed by atoms with E-state index in [0.29, 0.717) is 6.54 Å². The third-order valence-electron chi connectivity index (χ3n) is 4.18. The maximum absolute atomic E-state index is 5.48. The van der Waals surface area contributed by atoms with Crippen molar-refractivity contribution in [2.24, 2.45) is 0 Å². The van der Waals surface area contributed by atoms with E-state index in [1.807, 2.05) is 12.1 Å². The van der Waals surface area contributed by atoms with Crippen molar-refractivity contribution in [1.29, 1.82) is 0 Å². The molecule has 1 saturated heterocycles. The Bertz CT molecular complexity index is 616. The van der Waals surface area contributed by atoms with Crippen molar-refractivity contribution in [3.63, 3.8) is 0 Å². The zero-order valence-corrected chi connectivity index (χ0v) is 14.3. The quantitative estimate of drug-likeness (QED) is 0.872. The summed E-state index contributed by atoms with van der Waals surface area (Å²) in [6.07, 6.45) is 1.68. The van der Waals surface area contributed by atoms with Crippen LogP contribution >= 0.6 is 12.2 Å². The lowest BCUT2D eigenvalue weighted by molar-refractivity contribution is 0.174. The van der Waals surface area contributed by atoms with E-state index in [-0.39, 0.29) is 0 Å². The first-order valence-electron chi connectivity index (χ1n) is 8.04. The molecule has 122 valence electrons. The summed E-state index contributed by atoms with van der Waals surface area (Å²) in [6, 6.07) is 12.6. The Labute approximate surface area is 143 Å². The number of benzene rings is 1. The molecule has 5 heteroatoms. The number of hydrogen-bond acceptors (Lipinski definition) is 3. The van der Waals surface area contributed by atoms with Gasteiger partial charge in [-0.25, -0.2) is 0 Å². The Kier molecular flexibility index (Phi) is 5.31. The number of furan rings is 1. The SMILES string of the molecule is Cc1ccc(CN2CCN(C(=S)NCc3ccco3)CC2)cc1. The summed E-state index contributed by atoms with van der Waals surface area (Å²) in [5.41, 5.74) is 2.69. The Morgan fingerprint density at radius 2 is 1.87 bits per heavy atom. The number of piperazine rings is 1. The summed E-state index contributed by atoms with van der Waals surface area (Å²) in [5, 5.41) is 4.09. The number of rotatable bonds is 4. The average molecular weight is 329 g/mol. The van der Waals surface area contributed by atoms with Crippen LogP contribution in [0.3, 0.4) is 0 Å². The van der Waals surface area contributed by atoms with Gasteiger partial charge >= 0.3 is 0 Å². The van der Waals surface area contributed by atoms with Crippen LogP contribution in [0.4, 0.5) is 0 Å². The van der Waals surface area contributed by atoms with E-state index in [0.717, 1.165) is 43.6 Å². The minimum Gasteiger partial charge on any atom is -0.467 e. The van der Waals surface area contributed by atoms with Crippen LogP contribution in [0.2, 0.25) is 0 Å². The first-order valence-corrected chi connectivity index (χ1v) is 8.44. The van der Waals surface area contributed by atoms with Gasteiger partial charge in [-0.2, -0.15) is 0 Å². The fraction of sp³-hybridized carbons (Fsp3) is 0.389. The van der Waals surface area contributed by atoms with Crippen LogP contribution in [0.15, 0.2) is 47.1 Å². The van der Waals surface area contributed by atoms with E-state index in [9.17, 15) is 0 Å². The van der Waals surface area contributed by atoms with Crippen molar-refractivity contribution >= 4 is 17.3 Å². The van der Waals surface area contributed by atoms with Gasteiger partial charge in [-0.05, 0) is 36.8 Å². The standard InChI is InChI=1S/C18H23N3OS/c1-15-4-6-16(7-5-15)14-20-8-10-21(11-9-20)18(23)19-13-17-3-2-12-22-17/h2-7,12H,8-11,13-14H2,1H3,(H,19,23). The molecular weight excluding hydrogens is 306 g/mol. The topological polar surface area (TPSA) is 31.6 Å². The van der Waals surface area contributed by atoms with E-state index in [1.54, 1.807) is 6.26 Å². The highest BCUT2D eigenvalue weighted by Gasteiger charge is 2.18. The van der Waals surface area contributed by atoms with Gasteiger partial charge in [0.25, 0.3) is 0 Å². The zero-order chi connectivity index (χ0) is 16.1. The molecule has 0 radical (unpaired) electrons. The Morgan fingerprint density at radius 1 is 1.13 bits per heavy atom. The fourth-order valence-corrected chi connectivity index (χ4v) is 3.00. The predicted octanol–water partition coefficient (Wildman–Crippen LogP) is 2.78. The molecule has 2 aromatic rings. The molecule has 2 heterocycles. The van der Waals surface area contributed by atoms with Crippen LogP contribution < -0.4 is 5.32 Å². The molecular formula is C18H23N3OS. The van der Waals surface area contributed by atoms with Crippen molar-refractivity contribution in [2.45, 2.75) is 20.0 Å². The maximum Gasteiger partial charge on any atom is 0.169 e. The number of aryl methyl sites for hydroxylation is 1. The first kappa shape index (κ1) is 16.0. The zero-order valence-electron chi connectivity index (χ0n) is 13.5. The van der Waals surface area contributed by atoms with Gasteiger partial charge in [-0.3, -0.25) is 4.90 Å². The molecule has 4 nitrogen and oxygen atoms in total. The Hall–Kier alpha value is -1.85. The summed E-state index contributed by atoms with van der Waals surface area (Å²) < 4.78 is 5.31. The second-order valence-corrected chi connectivity index (χ2v) is 6.37. The lowest BCUT2D eigenvalue weighted by Crippen LogP contribution is -2.51. The number of nitrogens with one attached hydrogen (secondary N) is 1. The highest BCUT2D eigenvalue weighted by molar-refractivity contribution is 7.80. The van der Waals surface area contributed by atoms with Crippen LogP contribution in [0.1, 0.15) is 16.9 Å². The van der Waals surface area contributed by atoms with Gasteiger partial charge in [0.05, 0.1) is 12.8 Å². The van der Waals surface area contributed by atoms with Crippen molar-refractivity contribution < 1.29 is 4.42 Å². The molecule has 23 heavy (non-hydrogen) atoms. The third-order valence-corrected chi connectivity index (χ3v) is 4.58. The number of hydrogen-bond donors (Lipinski definition) is 1. The normalized spacial score (nSPS) is 15.6. The van der Waals surface area contributed by atoms with Crippen molar-refractivity contribution in [1.82, 2.24) is 15.1 Å². The van der Waals surface area contributed by atoms with Gasteiger partial charge in [0.15, 0.2) is 5.11 Å². The minimum atomic E-state index is 0.648. The van der Waals surface area contributed by atoms with Crippen LogP contribution in [-0.2, 0) is 13.1 Å². The van der Waals surface area contributed by atoms with Gasteiger partial charge in [0.2, 0.25) is 0 Å². The molecule has 0 bridgehead atoms. The number of nitrogens with zero attached hydrogens (tertiary/aromatic N) is 2. The highest BCUT2D eigenvalue weighted by atomic mass is 32.1. The summed E-state index contributed by atoms with van der Waals surface area (Å²) in [7, 11) is 0. The molecule has 0 unspecified atom stereocenters. The Morgan fingerprint density at radius 3 is 2.52 bits per heavy atom. The van der Waals surface area contributed by atoms with Crippen LogP contribution in [0, 0.1) is 6.92 Å². The minimum absolute atomic E-state index is 0.648. The van der Waals surface area contributed by atoms with Gasteiger partial charge in [-0.15, -0.1) is 0 Å². The van der Waals surface area contributed by atoms with Gasteiger partial charge in [0.1, 0.15) is 5.76 Å². The molecule has 0 aliphatic carbocycles. The van der Waals surface area contributed by atoms with Gasteiger partial charge < -0.3 is 14.6 Å². The van der Waals surface area contributed by atoms with E-state index in [4.69, 9.17) is 16.6 Å². The van der Waals surface area contributed by atoms with Gasteiger partial charge in [0, 0.05) is 32.7 Å². The van der Waals surface area contributed by atoms with E-state index >= 15 is 0 Å². The number of thiocarbonyl (C=S) groups is 1. The molecule has 1 aliphatic heterocycles. The molecule has 3 rings (SSSR count). The van der Waals surface area contributed by atoms with Crippen molar-refractivity contribution in [3.05, 3.63) is 59.5 Å². The summed E-state index contributed by atoms with van der Waals surface area (Å²) in [6.45, 7) is 7.80. The molecule has 1 N–H and O–H groups in total. The second-order valence-electron chi connectivity index (χ2n) is 5.99. The molecule has 1 aromatic carbocycles. The van der Waals surface area contributed by atoms with Crippen LogP contribution in [0.5, 0.6) is 0 Å². The predicted molar refractivity (Wildman–Crippen MR) is 96.2 cm³/mol. The first-order chi connectivity index (χ1) is 11.2. The highest BCUT2D eigenvalue weighted by Crippen LogP contribution is 2.10. The van der Waals surface area contributed by atoms with Crippen LogP contribution in [0.25, 0.3) is 0 Å². The summed E-state index contributed by atoms with van der Waals surface area (Å²) >= 11 is 5.48. The smallest absolute Gasteiger partial charge is 0.169 e. The molecule has 0 spiro atoms. The van der Waals surface area contributed by atoms with E-state index in [1.165, 1.54) is 11.1 Å². The maximum atomic E-state index is 5.48.